The van der Waals surface area contributed by atoms with Gasteiger partial charge in [-0.1, -0.05) is 43.6 Å². The van der Waals surface area contributed by atoms with Crippen molar-refractivity contribution in [2.45, 2.75) is 101 Å². The molecule has 1 aliphatic heterocycles. The van der Waals surface area contributed by atoms with Crippen molar-refractivity contribution in [1.29, 1.82) is 0 Å². The van der Waals surface area contributed by atoms with Crippen LogP contribution in [0.5, 0.6) is 23.0 Å². The van der Waals surface area contributed by atoms with Crippen LogP contribution in [0.15, 0.2) is 85.2 Å². The van der Waals surface area contributed by atoms with E-state index in [9.17, 15) is 9.90 Å². The van der Waals surface area contributed by atoms with Crippen LogP contribution in [0, 0.1) is 11.8 Å². The molecule has 11 nitrogen and oxygen atoms in total. The van der Waals surface area contributed by atoms with E-state index in [1.807, 2.05) is 54.7 Å². The highest BCUT2D eigenvalue weighted by atomic mass is 35.5. The van der Waals surface area contributed by atoms with E-state index in [0.29, 0.717) is 55.9 Å². The molecule has 3 heterocycles. The highest BCUT2D eigenvalue weighted by Crippen LogP contribution is 2.58. The van der Waals surface area contributed by atoms with Crippen LogP contribution in [0.2, 0.25) is 5.02 Å². The summed E-state index contributed by atoms with van der Waals surface area (Å²) in [4.78, 5) is 29.5. The number of nitrogens with one attached hydrogen (secondary N) is 1. The zero-order valence-corrected chi connectivity index (χ0v) is 37.5. The van der Waals surface area contributed by atoms with Crippen molar-refractivity contribution in [3.8, 4) is 34.4 Å². The summed E-state index contributed by atoms with van der Waals surface area (Å²) in [6.07, 6.45) is 11.0. The Morgan fingerprint density at radius 2 is 1.84 bits per heavy atom. The molecule has 1 fully saturated rings. The summed E-state index contributed by atoms with van der Waals surface area (Å²) in [6, 6.07) is 23.5. The number of aliphatic carboxylic acids is 1. The first-order chi connectivity index (χ1) is 30.5. The largest absolute Gasteiger partial charge is 0.496 e. The lowest BCUT2D eigenvalue weighted by Gasteiger charge is -2.47. The summed E-state index contributed by atoms with van der Waals surface area (Å²) in [6.45, 7) is 6.85. The van der Waals surface area contributed by atoms with Gasteiger partial charge >= 0.3 is 5.97 Å². The first-order valence-corrected chi connectivity index (χ1v) is 22.9. The van der Waals surface area contributed by atoms with E-state index in [4.69, 9.17) is 40.5 Å². The normalized spacial score (nSPS) is 24.1. The van der Waals surface area contributed by atoms with Gasteiger partial charge in [-0.25, -0.2) is 14.8 Å². The van der Waals surface area contributed by atoms with Gasteiger partial charge in [0.1, 0.15) is 29.7 Å². The van der Waals surface area contributed by atoms with Crippen LogP contribution < -0.4 is 24.3 Å². The molecule has 0 radical (unpaired) electrons. The van der Waals surface area contributed by atoms with Crippen LogP contribution in [-0.2, 0) is 29.6 Å². The van der Waals surface area contributed by atoms with Gasteiger partial charge in [0.05, 0.1) is 25.0 Å². The number of para-hydroxylation sites is 1. The van der Waals surface area contributed by atoms with Gasteiger partial charge in [0.15, 0.2) is 17.3 Å². The van der Waals surface area contributed by atoms with Crippen LogP contribution in [0.25, 0.3) is 11.4 Å². The predicted molar refractivity (Wildman–Crippen MR) is 244 cm³/mol. The molecule has 4 atom stereocenters. The third kappa shape index (κ3) is 8.79. The first kappa shape index (κ1) is 42.9. The smallest absolute Gasteiger partial charge is 0.329 e. The molecule has 2 aromatic heterocycles. The van der Waals surface area contributed by atoms with Gasteiger partial charge in [-0.15, -0.1) is 0 Å². The number of pyridine rings is 1. The Balaban J connectivity index is 0.938. The number of hydrogen-bond acceptors (Lipinski definition) is 10. The molecule has 0 amide bonds. The molecule has 0 bridgehead atoms. The average molecular weight is 873 g/mol. The Kier molecular flexibility index (Phi) is 12.3. The number of carboxylic acid groups (broad SMARTS) is 1. The van der Waals surface area contributed by atoms with Crippen LogP contribution in [0.4, 0.5) is 5.69 Å². The summed E-state index contributed by atoms with van der Waals surface area (Å²) in [5.41, 5.74) is 6.08. The van der Waals surface area contributed by atoms with Crippen molar-refractivity contribution in [2.24, 2.45) is 11.8 Å². The molecule has 63 heavy (non-hydrogen) atoms. The van der Waals surface area contributed by atoms with Gasteiger partial charge in [0.25, 0.3) is 0 Å². The number of methoxy groups -OCH3 is 1. The second-order valence-electron chi connectivity index (χ2n) is 18.5. The van der Waals surface area contributed by atoms with E-state index in [2.05, 4.69) is 48.2 Å². The Bertz CT molecular complexity index is 2460. The fourth-order valence-corrected chi connectivity index (χ4v) is 11.1. The van der Waals surface area contributed by atoms with Crippen molar-refractivity contribution in [1.82, 2.24) is 19.9 Å². The summed E-state index contributed by atoms with van der Waals surface area (Å²) in [5, 5.41) is 14.8. The number of fused-ring (bicyclic) bond motifs is 4. The molecule has 4 aliphatic rings. The number of aromatic nitrogens is 3. The monoisotopic (exact) mass is 871 g/mol. The van der Waals surface area contributed by atoms with Gasteiger partial charge in [0.2, 0.25) is 0 Å². The fourth-order valence-electron chi connectivity index (χ4n) is 10.9. The molecule has 12 heteroatoms. The van der Waals surface area contributed by atoms with Gasteiger partial charge in [0, 0.05) is 47.5 Å². The topological polar surface area (TPSA) is 128 Å². The molecule has 5 aromatic rings. The molecule has 2 N–H and O–H groups in total. The molecule has 0 saturated heterocycles. The second kappa shape index (κ2) is 18.0. The van der Waals surface area contributed by atoms with Crippen LogP contribution in [0.1, 0.15) is 92.8 Å². The molecule has 3 aromatic carbocycles. The Morgan fingerprint density at radius 1 is 1.02 bits per heavy atom. The zero-order valence-electron chi connectivity index (χ0n) is 36.7. The summed E-state index contributed by atoms with van der Waals surface area (Å²) in [5.74, 6) is 3.99. The fraction of sp³-hybridized carbons (Fsp3) is 0.451. The SMILES string of the molecule is COc1ccccc1-c1nccc(CN(C)C[C@@H]2COc3cc4c(cc3O2)C2(CCC(Nc3cccc(Cl)c3)(C(=O)O)CC2)[C@@H](C[C@@H](C)COc2ccnc3c2[C@H](C)CCC3)C4)n1. The number of anilines is 1. The zero-order chi connectivity index (χ0) is 43.7. The maximum absolute atomic E-state index is 13.2. The van der Waals surface area contributed by atoms with Crippen LogP contribution in [-0.4, -0.2) is 76.5 Å². The van der Waals surface area contributed by atoms with Gasteiger partial charge < -0.3 is 29.4 Å². The van der Waals surface area contributed by atoms with Crippen molar-refractivity contribution in [3.05, 3.63) is 118 Å². The number of carboxylic acids is 1. The van der Waals surface area contributed by atoms with Gasteiger partial charge in [-0.05, 0) is 154 Å². The highest BCUT2D eigenvalue weighted by molar-refractivity contribution is 6.30. The molecular weight excluding hydrogens is 814 g/mol. The van der Waals surface area contributed by atoms with Crippen molar-refractivity contribution < 1.29 is 28.8 Å². The van der Waals surface area contributed by atoms with E-state index < -0.39 is 11.5 Å². The maximum Gasteiger partial charge on any atom is 0.329 e. The molecule has 1 spiro atoms. The number of aryl methyl sites for hydroxylation is 1. The maximum atomic E-state index is 13.2. The van der Waals surface area contributed by atoms with E-state index in [-0.39, 0.29) is 23.4 Å². The minimum absolute atomic E-state index is 0.198. The van der Waals surface area contributed by atoms with Crippen LogP contribution in [0.3, 0.4) is 0 Å². The Hall–Kier alpha value is -5.39. The average Bonchev–Trinajstić information content (AvgIpc) is 3.55. The number of nitrogens with zero attached hydrogens (tertiary/aromatic N) is 4. The number of rotatable bonds is 14. The number of halogens is 1. The summed E-state index contributed by atoms with van der Waals surface area (Å²) in [7, 11) is 3.72. The quantitative estimate of drug-likeness (QED) is 0.111. The van der Waals surface area contributed by atoms with E-state index in [0.717, 1.165) is 84.9 Å². The molecule has 3 aliphatic carbocycles. The lowest BCUT2D eigenvalue weighted by atomic mass is 9.59. The van der Waals surface area contributed by atoms with E-state index in [1.165, 1.54) is 22.4 Å². The van der Waals surface area contributed by atoms with E-state index in [1.54, 1.807) is 25.4 Å². The molecule has 9 rings (SSSR count). The summed E-state index contributed by atoms with van der Waals surface area (Å²) >= 11 is 6.35. The van der Waals surface area contributed by atoms with Crippen molar-refractivity contribution in [3.63, 3.8) is 0 Å². The van der Waals surface area contributed by atoms with Gasteiger partial charge in [-0.3, -0.25) is 9.88 Å². The number of hydrogen-bond donors (Lipinski definition) is 2. The molecule has 1 saturated carbocycles. The van der Waals surface area contributed by atoms with Crippen LogP contribution >= 0.6 is 11.6 Å². The lowest BCUT2D eigenvalue weighted by Crippen LogP contribution is -2.53. The molecular formula is C51H58ClN5O6. The number of carbonyl (C=O) groups is 1. The Labute approximate surface area is 375 Å². The van der Waals surface area contributed by atoms with Crippen molar-refractivity contribution in [2.75, 3.05) is 39.2 Å². The first-order valence-electron chi connectivity index (χ1n) is 22.5. The third-order valence-corrected chi connectivity index (χ3v) is 14.3. The summed E-state index contributed by atoms with van der Waals surface area (Å²) < 4.78 is 25.5. The molecule has 330 valence electrons. The standard InChI is InChI=1S/C51H58ClN5O6/c1-32(30-61-44-16-22-53-42-13-7-9-33(2)47(42)44)23-35-24-34-25-45-46(27-41(34)50(35)17-19-51(20-18-50,49(58)59)56-37-11-8-10-36(52)26-37)63-39(31-62-45)29-57(3)28-38-15-21-54-48(55-38)40-12-5-6-14-43(40)60-4/h5-6,8,10-12,14-16,21-22,25-27,32-33,35,39,56H,7,9,13,17-20,23-24,28-31H2,1-4H3,(H,58,59)/t32-,33-,35+,39-,50?,51?/m1/s1. The minimum Gasteiger partial charge on any atom is -0.496 e. The minimum atomic E-state index is -1.11. The van der Waals surface area contributed by atoms with Gasteiger partial charge in [-0.2, -0.15) is 0 Å². The Morgan fingerprint density at radius 3 is 2.65 bits per heavy atom. The van der Waals surface area contributed by atoms with Crippen molar-refractivity contribution >= 4 is 23.3 Å². The lowest BCUT2D eigenvalue weighted by molar-refractivity contribution is -0.144. The highest BCUT2D eigenvalue weighted by Gasteiger charge is 2.54. The van der Waals surface area contributed by atoms with E-state index >= 15 is 0 Å². The molecule has 0 unspecified atom stereocenters. The number of benzene rings is 3. The number of likely N-dealkylation sites (N-methyl/N-ethyl adjacent to an activating group) is 1. The predicted octanol–water partition coefficient (Wildman–Crippen LogP) is 9.94. The third-order valence-electron chi connectivity index (χ3n) is 14.1. The number of ether oxygens (including phenoxy) is 4. The second-order valence-corrected chi connectivity index (χ2v) is 18.9.